The van der Waals surface area contributed by atoms with E-state index in [0.29, 0.717) is 5.92 Å². The van der Waals surface area contributed by atoms with Crippen molar-refractivity contribution in [3.05, 3.63) is 11.9 Å². The maximum Gasteiger partial charge on any atom is 0.137 e. The van der Waals surface area contributed by atoms with Gasteiger partial charge in [-0.05, 0) is 19.8 Å². The van der Waals surface area contributed by atoms with Gasteiger partial charge in [0.2, 0.25) is 0 Å². The molecule has 0 aliphatic carbocycles. The maximum absolute atomic E-state index is 9.27. The summed E-state index contributed by atoms with van der Waals surface area (Å²) in [6.45, 7) is 9.20. The summed E-state index contributed by atoms with van der Waals surface area (Å²) in [5.74, 6) is 2.09. The van der Waals surface area contributed by atoms with Gasteiger partial charge in [-0.1, -0.05) is 13.8 Å². The van der Waals surface area contributed by atoms with E-state index >= 15 is 0 Å². The summed E-state index contributed by atoms with van der Waals surface area (Å²) in [6, 6.07) is 0.0341. The Morgan fingerprint density at radius 2 is 2.00 bits per heavy atom. The molecule has 5 nitrogen and oxygen atoms in total. The van der Waals surface area contributed by atoms with Crippen molar-refractivity contribution in [2.24, 2.45) is 0 Å². The summed E-state index contributed by atoms with van der Waals surface area (Å²) < 4.78 is 0. The predicted octanol–water partition coefficient (Wildman–Crippen LogP) is 1.85. The molecule has 0 saturated heterocycles. The molecule has 0 aliphatic heterocycles. The van der Waals surface area contributed by atoms with Gasteiger partial charge in [0.05, 0.1) is 12.6 Å². The minimum atomic E-state index is 0.0341. The van der Waals surface area contributed by atoms with Crippen molar-refractivity contribution in [1.82, 2.24) is 9.97 Å². The lowest BCUT2D eigenvalue weighted by Gasteiger charge is -2.28. The number of nitrogens with one attached hydrogen (secondary N) is 1. The van der Waals surface area contributed by atoms with Crippen molar-refractivity contribution in [1.29, 1.82) is 0 Å². The van der Waals surface area contributed by atoms with Crippen LogP contribution in [0.2, 0.25) is 0 Å². The van der Waals surface area contributed by atoms with Gasteiger partial charge >= 0.3 is 0 Å². The number of anilines is 2. The van der Waals surface area contributed by atoms with E-state index in [1.54, 1.807) is 6.33 Å². The van der Waals surface area contributed by atoms with Gasteiger partial charge in [0.1, 0.15) is 18.0 Å². The summed E-state index contributed by atoms with van der Waals surface area (Å²) in [6.07, 6.45) is 1.57. The lowest BCUT2D eigenvalue weighted by atomic mass is 10.0. The molecule has 0 saturated carbocycles. The van der Waals surface area contributed by atoms with Crippen LogP contribution in [-0.2, 0) is 0 Å². The maximum atomic E-state index is 9.27. The van der Waals surface area contributed by atoms with E-state index in [9.17, 15) is 5.11 Å². The molecule has 5 heteroatoms. The van der Waals surface area contributed by atoms with Crippen molar-refractivity contribution in [3.63, 3.8) is 0 Å². The van der Waals surface area contributed by atoms with Crippen LogP contribution in [0.5, 0.6) is 0 Å². The largest absolute Gasteiger partial charge is 0.394 e. The van der Waals surface area contributed by atoms with Gasteiger partial charge in [-0.25, -0.2) is 9.97 Å². The minimum absolute atomic E-state index is 0.0341. The molecule has 0 radical (unpaired) electrons. The van der Waals surface area contributed by atoms with E-state index in [-0.39, 0.29) is 12.6 Å². The van der Waals surface area contributed by atoms with Crippen molar-refractivity contribution in [3.8, 4) is 0 Å². The highest BCUT2D eigenvalue weighted by Crippen LogP contribution is 2.30. The fourth-order valence-electron chi connectivity index (χ4n) is 1.84. The Morgan fingerprint density at radius 3 is 2.50 bits per heavy atom. The SMILES string of the molecule is CCNc1ncnc(N(C)C(C)CO)c1C(C)C. The Bertz CT molecular complexity index is 381. The number of hydrogen-bond acceptors (Lipinski definition) is 5. The zero-order valence-electron chi connectivity index (χ0n) is 11.9. The van der Waals surface area contributed by atoms with Crippen LogP contribution in [0, 0.1) is 0 Å². The Balaban J connectivity index is 3.21. The third-order valence-electron chi connectivity index (χ3n) is 3.04. The van der Waals surface area contributed by atoms with Crippen LogP contribution in [0.1, 0.15) is 39.2 Å². The van der Waals surface area contributed by atoms with Crippen LogP contribution in [0.3, 0.4) is 0 Å². The number of nitrogens with zero attached hydrogens (tertiary/aromatic N) is 3. The molecule has 1 atom stereocenters. The summed E-state index contributed by atoms with van der Waals surface area (Å²) in [4.78, 5) is 10.7. The average Bonchev–Trinajstić information content (AvgIpc) is 2.36. The monoisotopic (exact) mass is 252 g/mol. The molecule has 1 heterocycles. The highest BCUT2D eigenvalue weighted by atomic mass is 16.3. The molecule has 0 aromatic carbocycles. The van der Waals surface area contributed by atoms with Crippen LogP contribution in [0.4, 0.5) is 11.6 Å². The highest BCUT2D eigenvalue weighted by molar-refractivity contribution is 5.60. The first kappa shape index (κ1) is 14.7. The second kappa shape index (κ2) is 6.54. The van der Waals surface area contributed by atoms with Crippen molar-refractivity contribution in [2.75, 3.05) is 30.4 Å². The molecule has 0 fully saturated rings. The normalized spacial score (nSPS) is 12.6. The second-order valence-corrected chi connectivity index (χ2v) is 4.79. The first-order valence-electron chi connectivity index (χ1n) is 6.45. The smallest absolute Gasteiger partial charge is 0.137 e. The first-order valence-corrected chi connectivity index (χ1v) is 6.45. The molecule has 1 aromatic rings. The third kappa shape index (κ3) is 3.10. The quantitative estimate of drug-likeness (QED) is 0.809. The second-order valence-electron chi connectivity index (χ2n) is 4.79. The van der Waals surface area contributed by atoms with E-state index in [4.69, 9.17) is 0 Å². The minimum Gasteiger partial charge on any atom is -0.394 e. The van der Waals surface area contributed by atoms with E-state index in [1.165, 1.54) is 0 Å². The predicted molar refractivity (Wildman–Crippen MR) is 75.2 cm³/mol. The molecule has 2 N–H and O–H groups in total. The molecule has 102 valence electrons. The van der Waals surface area contributed by atoms with Gasteiger partial charge in [-0.2, -0.15) is 0 Å². The van der Waals surface area contributed by atoms with Gasteiger partial charge in [-0.3, -0.25) is 0 Å². The summed E-state index contributed by atoms with van der Waals surface area (Å²) in [5.41, 5.74) is 1.10. The Hall–Kier alpha value is -1.36. The van der Waals surface area contributed by atoms with Gasteiger partial charge < -0.3 is 15.3 Å². The third-order valence-corrected chi connectivity index (χ3v) is 3.04. The van der Waals surface area contributed by atoms with Gasteiger partial charge in [-0.15, -0.1) is 0 Å². The molecule has 0 spiro atoms. The molecule has 1 rings (SSSR count). The zero-order valence-corrected chi connectivity index (χ0v) is 11.9. The Labute approximate surface area is 109 Å². The van der Waals surface area contributed by atoms with Gasteiger partial charge in [0, 0.05) is 19.2 Å². The zero-order chi connectivity index (χ0) is 13.7. The van der Waals surface area contributed by atoms with Crippen LogP contribution in [0.25, 0.3) is 0 Å². The molecule has 1 unspecified atom stereocenters. The number of rotatable bonds is 6. The Morgan fingerprint density at radius 1 is 1.33 bits per heavy atom. The van der Waals surface area contributed by atoms with Crippen LogP contribution < -0.4 is 10.2 Å². The topological polar surface area (TPSA) is 61.3 Å². The van der Waals surface area contributed by atoms with Crippen molar-refractivity contribution in [2.45, 2.75) is 39.7 Å². The number of hydrogen-bond donors (Lipinski definition) is 2. The molecule has 0 bridgehead atoms. The lowest BCUT2D eigenvalue weighted by Crippen LogP contribution is -2.33. The molecular formula is C13H24N4O. The van der Waals surface area contributed by atoms with Crippen LogP contribution in [0.15, 0.2) is 6.33 Å². The summed E-state index contributed by atoms with van der Waals surface area (Å²) in [5, 5.41) is 12.5. The first-order chi connectivity index (χ1) is 8.52. The average molecular weight is 252 g/mol. The number of aliphatic hydroxyl groups is 1. The number of aliphatic hydroxyl groups excluding tert-OH is 1. The molecular weight excluding hydrogens is 228 g/mol. The van der Waals surface area contributed by atoms with Crippen LogP contribution >= 0.6 is 0 Å². The lowest BCUT2D eigenvalue weighted by molar-refractivity contribution is 0.269. The number of aromatic nitrogens is 2. The molecule has 1 aromatic heterocycles. The van der Waals surface area contributed by atoms with Gasteiger partial charge in [0.15, 0.2) is 0 Å². The van der Waals surface area contributed by atoms with E-state index < -0.39 is 0 Å². The standard InChI is InChI=1S/C13H24N4O/c1-6-14-12-11(9(2)3)13(16-8-15-12)17(5)10(4)7-18/h8-10,18H,6-7H2,1-5H3,(H,14,15,16). The summed E-state index contributed by atoms with van der Waals surface area (Å²) in [7, 11) is 1.95. The van der Waals surface area contributed by atoms with Gasteiger partial charge in [0.25, 0.3) is 0 Å². The van der Waals surface area contributed by atoms with Crippen molar-refractivity contribution >= 4 is 11.6 Å². The van der Waals surface area contributed by atoms with E-state index in [2.05, 4.69) is 29.1 Å². The fourth-order valence-corrected chi connectivity index (χ4v) is 1.84. The molecule has 0 aliphatic rings. The molecule has 18 heavy (non-hydrogen) atoms. The van der Waals surface area contributed by atoms with E-state index in [1.807, 2.05) is 25.8 Å². The summed E-state index contributed by atoms with van der Waals surface area (Å²) >= 11 is 0. The number of likely N-dealkylation sites (N-methyl/N-ethyl adjacent to an activating group) is 1. The molecule has 0 amide bonds. The van der Waals surface area contributed by atoms with Crippen molar-refractivity contribution < 1.29 is 5.11 Å². The Kier molecular flexibility index (Phi) is 5.34. The van der Waals surface area contributed by atoms with E-state index in [0.717, 1.165) is 23.7 Å². The highest BCUT2D eigenvalue weighted by Gasteiger charge is 2.20. The van der Waals surface area contributed by atoms with Crippen LogP contribution in [-0.4, -0.2) is 41.3 Å². The fraction of sp³-hybridized carbons (Fsp3) is 0.692.